The van der Waals surface area contributed by atoms with Crippen LogP contribution in [0.15, 0.2) is 0 Å². The van der Waals surface area contributed by atoms with Gasteiger partial charge in [0.1, 0.15) is 24.9 Å². The third-order valence-electron chi connectivity index (χ3n) is 3.50. The van der Waals surface area contributed by atoms with Crippen molar-refractivity contribution in [2.75, 3.05) is 13.2 Å². The summed E-state index contributed by atoms with van der Waals surface area (Å²) in [5, 5.41) is 9.61. The Hall–Kier alpha value is -0.240. The molecule has 1 N–H and O–H groups in total. The quantitative estimate of drug-likeness (QED) is 0.735. The third kappa shape index (κ3) is 1.79. The first-order valence-electron chi connectivity index (χ1n) is 6.25. The van der Waals surface area contributed by atoms with Gasteiger partial charge in [-0.3, -0.25) is 0 Å². The largest absolute Gasteiger partial charge is 0.391 e. The van der Waals surface area contributed by atoms with Crippen LogP contribution >= 0.6 is 0 Å². The van der Waals surface area contributed by atoms with Crippen molar-refractivity contribution in [3.63, 3.8) is 0 Å². The molecule has 3 saturated heterocycles. The summed E-state index contributed by atoms with van der Waals surface area (Å²) in [6.45, 7) is 7.35. The first-order valence-corrected chi connectivity index (χ1v) is 6.25. The Morgan fingerprint density at radius 2 is 1.78 bits per heavy atom. The van der Waals surface area contributed by atoms with Crippen molar-refractivity contribution in [2.24, 2.45) is 0 Å². The van der Waals surface area contributed by atoms with Gasteiger partial charge in [-0.05, 0) is 27.7 Å². The molecule has 3 rings (SSSR count). The second-order valence-electron chi connectivity index (χ2n) is 5.96. The summed E-state index contributed by atoms with van der Waals surface area (Å²) < 4.78 is 28.9. The second-order valence-corrected chi connectivity index (χ2v) is 5.96. The second kappa shape index (κ2) is 3.65. The van der Waals surface area contributed by atoms with Crippen LogP contribution in [0.1, 0.15) is 27.7 Å². The van der Waals surface area contributed by atoms with E-state index in [4.69, 9.17) is 23.7 Å². The van der Waals surface area contributed by atoms with Crippen LogP contribution in [0.25, 0.3) is 0 Å². The molecule has 0 aromatic heterocycles. The molecule has 0 unspecified atom stereocenters. The van der Waals surface area contributed by atoms with E-state index in [9.17, 15) is 5.11 Å². The van der Waals surface area contributed by atoms with Crippen LogP contribution in [-0.2, 0) is 23.7 Å². The molecule has 4 atom stereocenters. The summed E-state index contributed by atoms with van der Waals surface area (Å²) in [5.41, 5.74) is 0. The summed E-state index contributed by atoms with van der Waals surface area (Å²) >= 11 is 0. The van der Waals surface area contributed by atoms with Crippen LogP contribution in [0.2, 0.25) is 0 Å². The summed E-state index contributed by atoms with van der Waals surface area (Å²) in [6.07, 6.45) is -0.970. The summed E-state index contributed by atoms with van der Waals surface area (Å²) in [7, 11) is 0. The van der Waals surface area contributed by atoms with Gasteiger partial charge in [0.15, 0.2) is 11.6 Å². The average Bonchev–Trinajstić information content (AvgIpc) is 2.70. The van der Waals surface area contributed by atoms with E-state index in [1.807, 2.05) is 13.8 Å². The third-order valence-corrected chi connectivity index (χ3v) is 3.50. The fourth-order valence-electron chi connectivity index (χ4n) is 2.96. The van der Waals surface area contributed by atoms with E-state index in [2.05, 4.69) is 0 Å². The van der Waals surface area contributed by atoms with Gasteiger partial charge in [-0.15, -0.1) is 0 Å². The molecule has 6 nitrogen and oxygen atoms in total. The molecule has 3 fully saturated rings. The molecule has 3 aliphatic rings. The van der Waals surface area contributed by atoms with Crippen molar-refractivity contribution in [2.45, 2.75) is 63.4 Å². The van der Waals surface area contributed by atoms with Crippen LogP contribution in [0.4, 0.5) is 0 Å². The first-order chi connectivity index (χ1) is 8.27. The van der Waals surface area contributed by atoms with Crippen molar-refractivity contribution in [1.29, 1.82) is 0 Å². The van der Waals surface area contributed by atoms with Gasteiger partial charge >= 0.3 is 0 Å². The molecule has 0 saturated carbocycles. The van der Waals surface area contributed by atoms with Crippen LogP contribution < -0.4 is 0 Å². The fourth-order valence-corrected chi connectivity index (χ4v) is 2.96. The van der Waals surface area contributed by atoms with Crippen LogP contribution in [0, 0.1) is 0 Å². The predicted molar refractivity (Wildman–Crippen MR) is 59.6 cm³/mol. The maximum Gasteiger partial charge on any atom is 0.224 e. The number of ether oxygens (including phenoxy) is 5. The van der Waals surface area contributed by atoms with Crippen molar-refractivity contribution in [3.8, 4) is 0 Å². The molecule has 0 aliphatic carbocycles. The lowest BCUT2D eigenvalue weighted by atomic mass is 9.98. The molecule has 104 valence electrons. The minimum atomic E-state index is -1.14. The van der Waals surface area contributed by atoms with E-state index in [0.717, 1.165) is 0 Å². The summed E-state index contributed by atoms with van der Waals surface area (Å²) in [4.78, 5) is 0. The zero-order valence-corrected chi connectivity index (χ0v) is 11.1. The standard InChI is InChI=1S/C12H20O6/c1-10(2)15-7-5-14-12(6-13)9(8(7)16-10)17-11(3,4)18-12/h7-9,13H,5-6H2,1-4H3/t7-,8+,9+,12+/m0/s1. The smallest absolute Gasteiger partial charge is 0.224 e. The molecular weight excluding hydrogens is 240 g/mol. The topological polar surface area (TPSA) is 66.4 Å². The molecule has 6 heteroatoms. The zero-order valence-electron chi connectivity index (χ0n) is 11.1. The maximum absolute atomic E-state index is 9.61. The molecule has 0 bridgehead atoms. The van der Waals surface area contributed by atoms with Gasteiger partial charge < -0.3 is 28.8 Å². The first kappa shape index (κ1) is 12.8. The van der Waals surface area contributed by atoms with Crippen LogP contribution in [-0.4, -0.2) is 54.0 Å². The van der Waals surface area contributed by atoms with Crippen molar-refractivity contribution < 1.29 is 28.8 Å². The van der Waals surface area contributed by atoms with E-state index in [1.165, 1.54) is 0 Å². The van der Waals surface area contributed by atoms with E-state index in [-0.39, 0.29) is 18.8 Å². The molecule has 0 radical (unpaired) electrons. The Balaban J connectivity index is 1.90. The maximum atomic E-state index is 9.61. The molecule has 0 aromatic carbocycles. The van der Waals surface area contributed by atoms with Crippen molar-refractivity contribution >= 4 is 0 Å². The Labute approximate surface area is 106 Å². The lowest BCUT2D eigenvalue weighted by Gasteiger charge is -2.39. The Bertz CT molecular complexity index is 354. The molecule has 18 heavy (non-hydrogen) atoms. The molecule has 0 spiro atoms. The highest BCUT2D eigenvalue weighted by Gasteiger charge is 2.65. The van der Waals surface area contributed by atoms with Crippen LogP contribution in [0.3, 0.4) is 0 Å². The lowest BCUT2D eigenvalue weighted by molar-refractivity contribution is -0.294. The predicted octanol–water partition coefficient (Wildman–Crippen LogP) is 0.377. The van der Waals surface area contributed by atoms with Gasteiger partial charge in [0, 0.05) is 0 Å². The SMILES string of the molecule is CC1(C)O[C@@H]2[C@H](CO[C@]3(CO)OC(C)(C)O[C@H]23)O1. The van der Waals surface area contributed by atoms with Gasteiger partial charge in [0.05, 0.1) is 6.61 Å². The lowest BCUT2D eigenvalue weighted by Crippen LogP contribution is -2.60. The molecule has 0 aromatic rings. The minimum absolute atomic E-state index is 0.192. The molecule has 0 amide bonds. The fraction of sp³-hybridized carbons (Fsp3) is 1.00. The minimum Gasteiger partial charge on any atom is -0.391 e. The molecule has 3 heterocycles. The Morgan fingerprint density at radius 1 is 1.06 bits per heavy atom. The van der Waals surface area contributed by atoms with E-state index < -0.39 is 23.5 Å². The van der Waals surface area contributed by atoms with E-state index in [0.29, 0.717) is 6.61 Å². The number of rotatable bonds is 1. The normalized spacial score (nSPS) is 48.8. The van der Waals surface area contributed by atoms with Gasteiger partial charge in [0.25, 0.3) is 0 Å². The van der Waals surface area contributed by atoms with Crippen LogP contribution in [0.5, 0.6) is 0 Å². The van der Waals surface area contributed by atoms with Crippen molar-refractivity contribution in [3.05, 3.63) is 0 Å². The van der Waals surface area contributed by atoms with E-state index >= 15 is 0 Å². The van der Waals surface area contributed by atoms with Gasteiger partial charge in [-0.25, -0.2) is 0 Å². The Kier molecular flexibility index (Phi) is 2.59. The zero-order chi connectivity index (χ0) is 13.2. The summed E-state index contributed by atoms with van der Waals surface area (Å²) in [5.74, 6) is -2.62. The van der Waals surface area contributed by atoms with E-state index in [1.54, 1.807) is 13.8 Å². The Morgan fingerprint density at radius 3 is 2.44 bits per heavy atom. The molecule has 3 aliphatic heterocycles. The highest BCUT2D eigenvalue weighted by atomic mass is 16.9. The number of hydrogen-bond acceptors (Lipinski definition) is 6. The van der Waals surface area contributed by atoms with Gasteiger partial charge in [-0.2, -0.15) is 0 Å². The monoisotopic (exact) mass is 260 g/mol. The number of hydrogen-bond donors (Lipinski definition) is 1. The number of aliphatic hydroxyl groups is 1. The van der Waals surface area contributed by atoms with Crippen molar-refractivity contribution in [1.82, 2.24) is 0 Å². The van der Waals surface area contributed by atoms with Gasteiger partial charge in [-0.1, -0.05) is 0 Å². The summed E-state index contributed by atoms with van der Waals surface area (Å²) in [6, 6.07) is 0. The molecular formula is C12H20O6. The number of aliphatic hydroxyl groups excluding tert-OH is 1. The van der Waals surface area contributed by atoms with Gasteiger partial charge in [0.2, 0.25) is 5.79 Å². The highest BCUT2D eigenvalue weighted by Crippen LogP contribution is 2.47. The highest BCUT2D eigenvalue weighted by molar-refractivity contribution is 5.03. The number of fused-ring (bicyclic) bond motifs is 3. The average molecular weight is 260 g/mol.